The molecule has 0 spiro atoms. The molecule has 0 aromatic carbocycles. The first-order chi connectivity index (χ1) is 4.43. The van der Waals surface area contributed by atoms with E-state index in [2.05, 4.69) is 23.5 Å². The van der Waals surface area contributed by atoms with Crippen LogP contribution in [-0.4, -0.2) is 6.61 Å². The first-order valence-electron chi connectivity index (χ1n) is 3.06. The molecular formula is C7H10OTi. The second kappa shape index (κ2) is 4.05. The number of hydrogen-bond acceptors (Lipinski definition) is 1. The molecule has 0 aromatic heterocycles. The molecule has 9 heavy (non-hydrogen) atoms. The van der Waals surface area contributed by atoms with Crippen molar-refractivity contribution < 1.29 is 22.9 Å². The van der Waals surface area contributed by atoms with Crippen molar-refractivity contribution >= 4 is 0 Å². The molecule has 0 radical (unpaired) electrons. The van der Waals surface area contributed by atoms with Gasteiger partial charge in [-0.25, -0.2) is 0 Å². The number of rotatable bonds is 3. The van der Waals surface area contributed by atoms with Gasteiger partial charge in [0.05, 0.1) is 0 Å². The summed E-state index contributed by atoms with van der Waals surface area (Å²) < 4.78 is 5.33. The van der Waals surface area contributed by atoms with Crippen LogP contribution >= 0.6 is 0 Å². The molecule has 0 saturated heterocycles. The molecule has 1 aliphatic rings. The van der Waals surface area contributed by atoms with Gasteiger partial charge in [0.25, 0.3) is 0 Å². The predicted octanol–water partition coefficient (Wildman–Crippen LogP) is 1.93. The Bertz CT molecular complexity index is 138. The van der Waals surface area contributed by atoms with Gasteiger partial charge in [0.2, 0.25) is 0 Å². The van der Waals surface area contributed by atoms with Gasteiger partial charge in [-0.3, -0.25) is 0 Å². The van der Waals surface area contributed by atoms with Gasteiger partial charge in [-0.15, -0.1) is 0 Å². The van der Waals surface area contributed by atoms with Crippen molar-refractivity contribution in [3.8, 4) is 0 Å². The average Bonchev–Trinajstić information content (AvgIpc) is 2.34. The number of allylic oxidation sites excluding steroid dienone is 3. The monoisotopic (exact) mass is 158 g/mol. The van der Waals surface area contributed by atoms with E-state index in [-0.39, 0.29) is 19.5 Å². The molecule has 0 atom stereocenters. The minimum atomic E-state index is -0.0878. The Balaban J connectivity index is 2.14. The Hall–Kier alpha value is 0.154. The Morgan fingerprint density at radius 2 is 2.67 bits per heavy atom. The second-order valence-corrected chi connectivity index (χ2v) is 3.04. The molecule has 0 N–H and O–H groups in total. The van der Waals surface area contributed by atoms with E-state index < -0.39 is 0 Å². The molecule has 1 aliphatic carbocycles. The van der Waals surface area contributed by atoms with Gasteiger partial charge in [-0.2, -0.15) is 0 Å². The van der Waals surface area contributed by atoms with Crippen LogP contribution in [-0.2, 0) is 22.9 Å². The topological polar surface area (TPSA) is 9.23 Å². The summed E-state index contributed by atoms with van der Waals surface area (Å²) in [7, 11) is 0. The molecule has 2 heteroatoms. The molecule has 0 amide bonds. The van der Waals surface area contributed by atoms with Crippen molar-refractivity contribution in [2.75, 3.05) is 6.61 Å². The fraction of sp³-hybridized carbons (Fsp3) is 0.429. The van der Waals surface area contributed by atoms with Crippen LogP contribution in [0.5, 0.6) is 0 Å². The van der Waals surface area contributed by atoms with E-state index in [9.17, 15) is 0 Å². The zero-order valence-electron chi connectivity index (χ0n) is 5.55. The van der Waals surface area contributed by atoms with E-state index in [4.69, 9.17) is 3.32 Å². The van der Waals surface area contributed by atoms with E-state index >= 15 is 0 Å². The van der Waals surface area contributed by atoms with E-state index in [0.717, 1.165) is 13.0 Å². The third-order valence-electron chi connectivity index (χ3n) is 1.25. The van der Waals surface area contributed by atoms with Crippen molar-refractivity contribution in [2.24, 2.45) is 0 Å². The molecule has 1 rings (SSSR count). The van der Waals surface area contributed by atoms with Gasteiger partial charge in [-0.1, -0.05) is 0 Å². The summed E-state index contributed by atoms with van der Waals surface area (Å²) in [5.41, 5.74) is 1.42. The number of hydrogen-bond donors (Lipinski definition) is 0. The normalized spacial score (nSPS) is 15.9. The van der Waals surface area contributed by atoms with E-state index in [1.165, 1.54) is 5.57 Å². The minimum absolute atomic E-state index is 0.0878. The van der Waals surface area contributed by atoms with Crippen molar-refractivity contribution in [1.29, 1.82) is 0 Å². The Labute approximate surface area is 65.2 Å². The summed E-state index contributed by atoms with van der Waals surface area (Å²) in [6.45, 7) is 0.865. The van der Waals surface area contributed by atoms with Crippen LogP contribution < -0.4 is 0 Å². The Morgan fingerprint density at radius 1 is 1.78 bits per heavy atom. The van der Waals surface area contributed by atoms with Gasteiger partial charge in [-0.05, 0) is 0 Å². The Kier molecular flexibility index (Phi) is 3.27. The van der Waals surface area contributed by atoms with Crippen LogP contribution in [0.1, 0.15) is 6.42 Å². The van der Waals surface area contributed by atoms with E-state index in [1.807, 2.05) is 0 Å². The molecule has 0 fully saturated rings. The van der Waals surface area contributed by atoms with E-state index in [1.54, 1.807) is 0 Å². The zero-order chi connectivity index (χ0) is 6.53. The molecule has 0 heterocycles. The van der Waals surface area contributed by atoms with Crippen LogP contribution in [0.15, 0.2) is 23.8 Å². The van der Waals surface area contributed by atoms with Crippen LogP contribution in [0.25, 0.3) is 0 Å². The third kappa shape index (κ3) is 2.48. The van der Waals surface area contributed by atoms with Crippen molar-refractivity contribution in [1.82, 2.24) is 0 Å². The molecule has 48 valence electrons. The standard InChI is InChI=1S/C6H7O.CH3.Ti/c7-5-6-3-1-2-4-6;;/h1-3H,4-5H2;1H3;/q-1;;+1. The van der Waals surface area contributed by atoms with Gasteiger partial charge in [0.1, 0.15) is 0 Å². The molecule has 1 nitrogen and oxygen atoms in total. The first-order valence-corrected chi connectivity index (χ1v) is 5.26. The van der Waals surface area contributed by atoms with Gasteiger partial charge >= 0.3 is 64.9 Å². The van der Waals surface area contributed by atoms with Gasteiger partial charge < -0.3 is 0 Å². The summed E-state index contributed by atoms with van der Waals surface area (Å²) in [6, 6.07) is 0. The van der Waals surface area contributed by atoms with Crippen molar-refractivity contribution in [3.05, 3.63) is 23.8 Å². The molecular weight excluding hydrogens is 148 g/mol. The fourth-order valence-electron chi connectivity index (χ4n) is 0.763. The molecule has 0 unspecified atom stereocenters. The summed E-state index contributed by atoms with van der Waals surface area (Å²) >= 11 is -0.0878. The van der Waals surface area contributed by atoms with Crippen LogP contribution in [0.3, 0.4) is 0 Å². The quantitative estimate of drug-likeness (QED) is 0.570. The second-order valence-electron chi connectivity index (χ2n) is 1.95. The SMILES string of the molecule is [CH3][Ti][O]CC1=CC=CC1. The van der Waals surface area contributed by atoms with Crippen molar-refractivity contribution in [3.63, 3.8) is 0 Å². The van der Waals surface area contributed by atoms with Crippen LogP contribution in [0, 0.1) is 0 Å². The Morgan fingerprint density at radius 3 is 3.22 bits per heavy atom. The molecule has 0 aromatic rings. The van der Waals surface area contributed by atoms with Crippen LogP contribution in [0.2, 0.25) is 5.23 Å². The van der Waals surface area contributed by atoms with Gasteiger partial charge in [0.15, 0.2) is 0 Å². The molecule has 0 bridgehead atoms. The van der Waals surface area contributed by atoms with Crippen LogP contribution in [0.4, 0.5) is 0 Å². The maximum absolute atomic E-state index is 5.33. The summed E-state index contributed by atoms with van der Waals surface area (Å²) in [5.74, 6) is 0. The summed E-state index contributed by atoms with van der Waals surface area (Å²) in [6.07, 6.45) is 7.50. The zero-order valence-corrected chi connectivity index (χ0v) is 7.12. The summed E-state index contributed by atoms with van der Waals surface area (Å²) in [5, 5.41) is 2.14. The average molecular weight is 158 g/mol. The predicted molar refractivity (Wildman–Crippen MR) is 33.7 cm³/mol. The third-order valence-corrected chi connectivity index (χ3v) is 1.93. The molecule has 0 saturated carbocycles. The summed E-state index contributed by atoms with van der Waals surface area (Å²) in [4.78, 5) is 0. The first kappa shape index (κ1) is 7.26. The van der Waals surface area contributed by atoms with Crippen molar-refractivity contribution in [2.45, 2.75) is 11.6 Å². The molecule has 0 aliphatic heterocycles. The maximum atomic E-state index is 5.33. The van der Waals surface area contributed by atoms with Gasteiger partial charge in [0, 0.05) is 0 Å². The van der Waals surface area contributed by atoms with E-state index in [0.29, 0.717) is 0 Å². The fourth-order valence-corrected chi connectivity index (χ4v) is 1.28.